The summed E-state index contributed by atoms with van der Waals surface area (Å²) in [4.78, 5) is 0. The summed E-state index contributed by atoms with van der Waals surface area (Å²) < 4.78 is 13.7. The lowest BCUT2D eigenvalue weighted by atomic mass is 9.99. The van der Waals surface area contributed by atoms with Crippen molar-refractivity contribution < 1.29 is 4.39 Å². The number of hydrogen-bond acceptors (Lipinski definition) is 1. The van der Waals surface area contributed by atoms with Gasteiger partial charge in [-0.15, -0.1) is 0 Å². The highest BCUT2D eigenvalue weighted by Crippen LogP contribution is 2.22. The Morgan fingerprint density at radius 3 is 2.15 bits per heavy atom. The van der Waals surface area contributed by atoms with E-state index in [0.717, 1.165) is 12.0 Å². The highest BCUT2D eigenvalue weighted by molar-refractivity contribution is 5.20. The van der Waals surface area contributed by atoms with E-state index >= 15 is 0 Å². The zero-order valence-corrected chi connectivity index (χ0v) is 13.1. The molecule has 0 bridgehead atoms. The Labute approximate surface area is 124 Å². The summed E-state index contributed by atoms with van der Waals surface area (Å²) in [5.74, 6) is -0.0913. The normalized spacial score (nSPS) is 12.6. The zero-order chi connectivity index (χ0) is 14.6. The first kappa shape index (κ1) is 17.2. The maximum atomic E-state index is 13.7. The van der Waals surface area contributed by atoms with Gasteiger partial charge in [-0.25, -0.2) is 4.39 Å². The van der Waals surface area contributed by atoms with E-state index in [9.17, 15) is 4.39 Å². The van der Waals surface area contributed by atoms with E-state index in [-0.39, 0.29) is 11.9 Å². The van der Waals surface area contributed by atoms with Crippen molar-refractivity contribution in [2.75, 3.05) is 7.05 Å². The van der Waals surface area contributed by atoms with Crippen LogP contribution in [0.5, 0.6) is 0 Å². The van der Waals surface area contributed by atoms with E-state index < -0.39 is 0 Å². The largest absolute Gasteiger partial charge is 0.313 e. The van der Waals surface area contributed by atoms with Crippen molar-refractivity contribution in [1.82, 2.24) is 5.32 Å². The van der Waals surface area contributed by atoms with E-state index in [0.29, 0.717) is 0 Å². The molecular formula is C18H30FN. The molecule has 0 aliphatic carbocycles. The molecule has 0 fully saturated rings. The van der Waals surface area contributed by atoms with Gasteiger partial charge in [0.2, 0.25) is 0 Å². The predicted molar refractivity (Wildman–Crippen MR) is 85.4 cm³/mol. The average molecular weight is 279 g/mol. The SMILES string of the molecule is CCCCCCCCCCC(NC)c1ccccc1F. The summed E-state index contributed by atoms with van der Waals surface area (Å²) in [6.45, 7) is 2.25. The number of unbranched alkanes of at least 4 members (excludes halogenated alkanes) is 7. The molecule has 114 valence electrons. The lowest BCUT2D eigenvalue weighted by molar-refractivity contribution is 0.474. The molecule has 1 atom stereocenters. The minimum Gasteiger partial charge on any atom is -0.313 e. The molecule has 0 amide bonds. The third-order valence-corrected chi connectivity index (χ3v) is 3.98. The van der Waals surface area contributed by atoms with Crippen LogP contribution in [0.1, 0.15) is 76.3 Å². The Morgan fingerprint density at radius 2 is 1.55 bits per heavy atom. The highest BCUT2D eigenvalue weighted by Gasteiger charge is 2.12. The lowest BCUT2D eigenvalue weighted by Gasteiger charge is -2.17. The Balaban J connectivity index is 2.18. The molecule has 2 heteroatoms. The Kier molecular flexibility index (Phi) is 9.31. The Morgan fingerprint density at radius 1 is 0.950 bits per heavy atom. The van der Waals surface area contributed by atoms with Crippen molar-refractivity contribution in [1.29, 1.82) is 0 Å². The second-order valence-electron chi connectivity index (χ2n) is 5.63. The van der Waals surface area contributed by atoms with Crippen molar-refractivity contribution in [2.45, 2.75) is 70.8 Å². The fraction of sp³-hybridized carbons (Fsp3) is 0.667. The summed E-state index contributed by atoms with van der Waals surface area (Å²) in [5.41, 5.74) is 0.804. The molecular weight excluding hydrogens is 249 g/mol. The smallest absolute Gasteiger partial charge is 0.127 e. The molecule has 1 aromatic carbocycles. The van der Waals surface area contributed by atoms with Crippen LogP contribution in [-0.4, -0.2) is 7.05 Å². The van der Waals surface area contributed by atoms with E-state index in [4.69, 9.17) is 0 Å². The monoisotopic (exact) mass is 279 g/mol. The molecule has 0 aliphatic rings. The van der Waals surface area contributed by atoms with Gasteiger partial charge in [-0.05, 0) is 19.5 Å². The summed E-state index contributed by atoms with van der Waals surface area (Å²) in [7, 11) is 1.92. The van der Waals surface area contributed by atoms with Crippen LogP contribution in [0, 0.1) is 5.82 Å². The molecule has 0 saturated carbocycles. The van der Waals surface area contributed by atoms with Gasteiger partial charge in [0.1, 0.15) is 5.82 Å². The molecule has 0 aromatic heterocycles. The molecule has 1 aromatic rings. The topological polar surface area (TPSA) is 12.0 Å². The maximum absolute atomic E-state index is 13.7. The van der Waals surface area contributed by atoms with Crippen molar-refractivity contribution in [3.8, 4) is 0 Å². The van der Waals surface area contributed by atoms with Gasteiger partial charge in [0.25, 0.3) is 0 Å². The van der Waals surface area contributed by atoms with Gasteiger partial charge in [-0.1, -0.05) is 76.5 Å². The minimum absolute atomic E-state index is 0.0913. The van der Waals surface area contributed by atoms with Crippen molar-refractivity contribution in [2.24, 2.45) is 0 Å². The number of halogens is 1. The number of hydrogen-bond donors (Lipinski definition) is 1. The summed E-state index contributed by atoms with van der Waals surface area (Å²) >= 11 is 0. The molecule has 0 spiro atoms. The van der Waals surface area contributed by atoms with Crippen LogP contribution in [0.4, 0.5) is 4.39 Å². The molecule has 20 heavy (non-hydrogen) atoms. The maximum Gasteiger partial charge on any atom is 0.127 e. The van der Waals surface area contributed by atoms with Gasteiger partial charge < -0.3 is 5.32 Å². The molecule has 0 saturated heterocycles. The first-order valence-electron chi connectivity index (χ1n) is 8.21. The number of rotatable bonds is 11. The second kappa shape index (κ2) is 10.8. The summed E-state index contributed by atoms with van der Waals surface area (Å²) in [5, 5.41) is 3.24. The predicted octanol–water partition coefficient (Wildman–Crippen LogP) is 5.62. The lowest BCUT2D eigenvalue weighted by Crippen LogP contribution is -2.17. The van der Waals surface area contributed by atoms with Gasteiger partial charge in [0, 0.05) is 11.6 Å². The Bertz CT molecular complexity index is 351. The van der Waals surface area contributed by atoms with Crippen LogP contribution >= 0.6 is 0 Å². The third-order valence-electron chi connectivity index (χ3n) is 3.98. The summed E-state index contributed by atoms with van der Waals surface area (Å²) in [6, 6.07) is 7.25. The number of benzene rings is 1. The highest BCUT2D eigenvalue weighted by atomic mass is 19.1. The first-order valence-corrected chi connectivity index (χ1v) is 8.21. The fourth-order valence-electron chi connectivity index (χ4n) is 2.70. The van der Waals surface area contributed by atoms with Crippen LogP contribution in [0.25, 0.3) is 0 Å². The van der Waals surface area contributed by atoms with E-state index in [1.54, 1.807) is 12.1 Å². The van der Waals surface area contributed by atoms with Crippen molar-refractivity contribution in [3.63, 3.8) is 0 Å². The van der Waals surface area contributed by atoms with Gasteiger partial charge in [-0.3, -0.25) is 0 Å². The van der Waals surface area contributed by atoms with Gasteiger partial charge in [-0.2, -0.15) is 0 Å². The Hall–Kier alpha value is -0.890. The first-order chi connectivity index (χ1) is 9.79. The average Bonchev–Trinajstić information content (AvgIpc) is 2.47. The quantitative estimate of drug-likeness (QED) is 0.519. The molecule has 1 rings (SSSR count). The fourth-order valence-corrected chi connectivity index (χ4v) is 2.70. The van der Waals surface area contributed by atoms with Crippen molar-refractivity contribution >= 4 is 0 Å². The molecule has 1 N–H and O–H groups in total. The van der Waals surface area contributed by atoms with Crippen molar-refractivity contribution in [3.05, 3.63) is 35.6 Å². The third kappa shape index (κ3) is 6.51. The molecule has 0 heterocycles. The van der Waals surface area contributed by atoms with Crippen LogP contribution in [-0.2, 0) is 0 Å². The molecule has 0 aliphatic heterocycles. The van der Waals surface area contributed by atoms with Crippen LogP contribution in [0.2, 0.25) is 0 Å². The minimum atomic E-state index is -0.0913. The van der Waals surface area contributed by atoms with E-state index in [1.807, 2.05) is 19.2 Å². The number of nitrogens with one attached hydrogen (secondary N) is 1. The van der Waals surface area contributed by atoms with E-state index in [1.165, 1.54) is 51.4 Å². The van der Waals surface area contributed by atoms with Crippen LogP contribution < -0.4 is 5.32 Å². The standard InChI is InChI=1S/C18H30FN/c1-3-4-5-6-7-8-9-10-15-18(20-2)16-13-11-12-14-17(16)19/h11-14,18,20H,3-10,15H2,1-2H3. The van der Waals surface area contributed by atoms with E-state index in [2.05, 4.69) is 12.2 Å². The second-order valence-corrected chi connectivity index (χ2v) is 5.63. The van der Waals surface area contributed by atoms with Crippen LogP contribution in [0.3, 0.4) is 0 Å². The van der Waals surface area contributed by atoms with Gasteiger partial charge in [0.15, 0.2) is 0 Å². The van der Waals surface area contributed by atoms with Gasteiger partial charge >= 0.3 is 0 Å². The zero-order valence-electron chi connectivity index (χ0n) is 13.1. The summed E-state index contributed by atoms with van der Waals surface area (Å²) in [6.07, 6.45) is 11.6. The molecule has 0 radical (unpaired) electrons. The van der Waals surface area contributed by atoms with Crippen LogP contribution in [0.15, 0.2) is 24.3 Å². The molecule has 1 unspecified atom stereocenters. The van der Waals surface area contributed by atoms with Gasteiger partial charge in [0.05, 0.1) is 0 Å². The molecule has 1 nitrogen and oxygen atoms in total.